The minimum atomic E-state index is -0.660. The Morgan fingerprint density at radius 2 is 1.41 bits per heavy atom. The molecular weight excluding hydrogens is 398 g/mol. The maximum atomic E-state index is 11.0. The van der Waals surface area contributed by atoms with Crippen LogP contribution in [0.1, 0.15) is 17.2 Å². The molecule has 27 heavy (non-hydrogen) atoms. The van der Waals surface area contributed by atoms with Crippen LogP contribution in [0.3, 0.4) is 0 Å². The fourth-order valence-electron chi connectivity index (χ4n) is 3.81. The SMILES string of the molecule is OC1c2ccccc2-c2nc(-c3ccccc3Br)cc(-c3ccccc3)c21. The Labute approximate surface area is 166 Å². The summed E-state index contributed by atoms with van der Waals surface area (Å²) in [7, 11) is 0. The number of nitrogens with zero attached hydrogens (tertiary/aromatic N) is 1. The zero-order valence-electron chi connectivity index (χ0n) is 14.4. The highest BCUT2D eigenvalue weighted by atomic mass is 79.9. The minimum Gasteiger partial charge on any atom is -0.384 e. The van der Waals surface area contributed by atoms with E-state index in [9.17, 15) is 5.11 Å². The molecule has 1 unspecified atom stereocenters. The average molecular weight is 414 g/mol. The highest BCUT2D eigenvalue weighted by Crippen LogP contribution is 2.48. The first kappa shape index (κ1) is 16.4. The highest BCUT2D eigenvalue weighted by molar-refractivity contribution is 9.10. The van der Waals surface area contributed by atoms with Crippen LogP contribution in [0.2, 0.25) is 0 Å². The summed E-state index contributed by atoms with van der Waals surface area (Å²) in [6, 6.07) is 28.4. The molecule has 1 aromatic heterocycles. The van der Waals surface area contributed by atoms with E-state index < -0.39 is 6.10 Å². The number of hydrogen-bond acceptors (Lipinski definition) is 2. The van der Waals surface area contributed by atoms with Crippen LogP contribution in [-0.2, 0) is 0 Å². The summed E-state index contributed by atoms with van der Waals surface area (Å²) in [5.41, 5.74) is 7.71. The fraction of sp³-hybridized carbons (Fsp3) is 0.0417. The molecule has 130 valence electrons. The van der Waals surface area contributed by atoms with Crippen LogP contribution in [0.15, 0.2) is 89.4 Å². The molecule has 5 rings (SSSR count). The van der Waals surface area contributed by atoms with E-state index in [1.54, 1.807) is 0 Å². The zero-order chi connectivity index (χ0) is 18.4. The molecule has 0 radical (unpaired) electrons. The molecule has 3 aromatic carbocycles. The predicted octanol–water partition coefficient (Wildman–Crippen LogP) is 6.24. The van der Waals surface area contributed by atoms with Crippen LogP contribution in [0, 0.1) is 0 Å². The summed E-state index contributed by atoms with van der Waals surface area (Å²) in [5, 5.41) is 11.0. The molecule has 0 saturated carbocycles. The van der Waals surface area contributed by atoms with E-state index in [0.29, 0.717) is 0 Å². The molecule has 1 aliphatic rings. The summed E-state index contributed by atoms with van der Waals surface area (Å²) in [6.07, 6.45) is -0.660. The van der Waals surface area contributed by atoms with Gasteiger partial charge in [-0.25, -0.2) is 4.98 Å². The van der Waals surface area contributed by atoms with Crippen LogP contribution < -0.4 is 0 Å². The van der Waals surface area contributed by atoms with E-state index in [1.165, 1.54) is 0 Å². The Hall–Kier alpha value is -2.75. The van der Waals surface area contributed by atoms with Gasteiger partial charge in [-0.3, -0.25) is 0 Å². The van der Waals surface area contributed by atoms with Gasteiger partial charge < -0.3 is 5.11 Å². The third-order valence-electron chi connectivity index (χ3n) is 5.08. The van der Waals surface area contributed by atoms with Crippen molar-refractivity contribution >= 4 is 15.9 Å². The number of pyridine rings is 1. The molecule has 4 aromatic rings. The summed E-state index contributed by atoms with van der Waals surface area (Å²) in [4.78, 5) is 4.97. The molecule has 0 saturated heterocycles. The second-order valence-corrected chi connectivity index (χ2v) is 7.51. The molecule has 0 spiro atoms. The first-order valence-corrected chi connectivity index (χ1v) is 9.66. The molecule has 3 heteroatoms. The van der Waals surface area contributed by atoms with Gasteiger partial charge in [0.25, 0.3) is 0 Å². The summed E-state index contributed by atoms with van der Waals surface area (Å²) in [6.45, 7) is 0. The average Bonchev–Trinajstić information content (AvgIpc) is 3.01. The quantitative estimate of drug-likeness (QED) is 0.421. The smallest absolute Gasteiger partial charge is 0.107 e. The Morgan fingerprint density at radius 3 is 2.19 bits per heavy atom. The second-order valence-electron chi connectivity index (χ2n) is 6.65. The fourth-order valence-corrected chi connectivity index (χ4v) is 4.30. The zero-order valence-corrected chi connectivity index (χ0v) is 16.0. The number of aliphatic hydroxyl groups is 1. The van der Waals surface area contributed by atoms with Crippen LogP contribution in [0.4, 0.5) is 0 Å². The lowest BCUT2D eigenvalue weighted by molar-refractivity contribution is 0.225. The third kappa shape index (κ3) is 2.62. The van der Waals surface area contributed by atoms with E-state index >= 15 is 0 Å². The third-order valence-corrected chi connectivity index (χ3v) is 5.77. The van der Waals surface area contributed by atoms with Gasteiger partial charge in [-0.1, -0.05) is 88.7 Å². The van der Waals surface area contributed by atoms with E-state index in [1.807, 2.05) is 60.7 Å². The highest BCUT2D eigenvalue weighted by Gasteiger charge is 2.31. The van der Waals surface area contributed by atoms with Crippen molar-refractivity contribution < 1.29 is 5.11 Å². The van der Waals surface area contributed by atoms with E-state index in [0.717, 1.165) is 49.2 Å². The first-order chi connectivity index (χ1) is 13.2. The van der Waals surface area contributed by atoms with Crippen molar-refractivity contribution in [3.8, 4) is 33.6 Å². The molecule has 0 amide bonds. The molecule has 1 aliphatic carbocycles. The summed E-state index contributed by atoms with van der Waals surface area (Å²) >= 11 is 3.65. The lowest BCUT2D eigenvalue weighted by Gasteiger charge is -2.15. The Kier molecular flexibility index (Phi) is 3.92. The summed E-state index contributed by atoms with van der Waals surface area (Å²) < 4.78 is 1.00. The van der Waals surface area contributed by atoms with Gasteiger partial charge in [0.1, 0.15) is 6.10 Å². The monoisotopic (exact) mass is 413 g/mol. The molecule has 0 aliphatic heterocycles. The number of rotatable bonds is 2. The van der Waals surface area contributed by atoms with Gasteiger partial charge in [-0.15, -0.1) is 0 Å². The number of aliphatic hydroxyl groups excluding tert-OH is 1. The van der Waals surface area contributed by atoms with Gasteiger partial charge in [0.15, 0.2) is 0 Å². The number of benzene rings is 3. The molecule has 1 N–H and O–H groups in total. The van der Waals surface area contributed by atoms with Gasteiger partial charge in [0, 0.05) is 21.2 Å². The minimum absolute atomic E-state index is 0.660. The predicted molar refractivity (Wildman–Crippen MR) is 112 cm³/mol. The molecule has 0 fully saturated rings. The first-order valence-electron chi connectivity index (χ1n) is 8.86. The van der Waals surface area contributed by atoms with E-state index in [2.05, 4.69) is 40.2 Å². The maximum absolute atomic E-state index is 11.0. The standard InChI is InChI=1S/C24H16BrNO/c25-20-13-7-6-12-18(20)21-14-19(15-8-2-1-3-9-15)22-23(26-21)16-10-4-5-11-17(16)24(22)27/h1-14,24,27H. The van der Waals surface area contributed by atoms with Crippen molar-refractivity contribution in [2.24, 2.45) is 0 Å². The Balaban J connectivity index is 1.85. The topological polar surface area (TPSA) is 33.1 Å². The largest absolute Gasteiger partial charge is 0.384 e. The number of aromatic nitrogens is 1. The number of hydrogen-bond donors (Lipinski definition) is 1. The maximum Gasteiger partial charge on any atom is 0.107 e. The molecular formula is C24H16BrNO. The second kappa shape index (κ2) is 6.45. The number of halogens is 1. The van der Waals surface area contributed by atoms with Gasteiger partial charge >= 0.3 is 0 Å². The van der Waals surface area contributed by atoms with Crippen LogP contribution in [-0.4, -0.2) is 10.1 Å². The molecule has 1 atom stereocenters. The van der Waals surface area contributed by atoms with Crippen LogP contribution >= 0.6 is 15.9 Å². The van der Waals surface area contributed by atoms with Crippen LogP contribution in [0.5, 0.6) is 0 Å². The normalized spacial score (nSPS) is 14.7. The van der Waals surface area contributed by atoms with Gasteiger partial charge in [0.05, 0.1) is 11.4 Å². The molecule has 0 bridgehead atoms. The van der Waals surface area contributed by atoms with Crippen LogP contribution in [0.25, 0.3) is 33.6 Å². The van der Waals surface area contributed by atoms with Gasteiger partial charge in [-0.2, -0.15) is 0 Å². The van der Waals surface area contributed by atoms with Crippen molar-refractivity contribution in [1.29, 1.82) is 0 Å². The number of fused-ring (bicyclic) bond motifs is 3. The van der Waals surface area contributed by atoms with Crippen molar-refractivity contribution in [1.82, 2.24) is 4.98 Å². The van der Waals surface area contributed by atoms with Crippen molar-refractivity contribution in [2.75, 3.05) is 0 Å². The summed E-state index contributed by atoms with van der Waals surface area (Å²) in [5.74, 6) is 0. The van der Waals surface area contributed by atoms with E-state index in [-0.39, 0.29) is 0 Å². The van der Waals surface area contributed by atoms with E-state index in [4.69, 9.17) is 4.98 Å². The lowest BCUT2D eigenvalue weighted by Crippen LogP contribution is -1.99. The van der Waals surface area contributed by atoms with Crippen molar-refractivity contribution in [3.63, 3.8) is 0 Å². The van der Waals surface area contributed by atoms with Crippen molar-refractivity contribution in [2.45, 2.75) is 6.10 Å². The lowest BCUT2D eigenvalue weighted by atomic mass is 9.95. The van der Waals surface area contributed by atoms with Gasteiger partial charge in [0.2, 0.25) is 0 Å². The Bertz CT molecular complexity index is 1150. The Morgan fingerprint density at radius 1 is 0.741 bits per heavy atom. The van der Waals surface area contributed by atoms with Crippen molar-refractivity contribution in [3.05, 3.63) is 101 Å². The molecule has 1 heterocycles. The van der Waals surface area contributed by atoms with Gasteiger partial charge in [-0.05, 0) is 28.8 Å². The molecule has 2 nitrogen and oxygen atoms in total.